The number of fused-ring (bicyclic) bond motifs is 1. The van der Waals surface area contributed by atoms with Crippen LogP contribution in [-0.4, -0.2) is 23.0 Å². The topological polar surface area (TPSA) is 71.1 Å². The van der Waals surface area contributed by atoms with Gasteiger partial charge in [-0.15, -0.1) is 0 Å². The monoisotopic (exact) mass is 383 g/mol. The van der Waals surface area contributed by atoms with Crippen LogP contribution < -0.4 is 10.6 Å². The minimum absolute atomic E-state index is 0.00189. The summed E-state index contributed by atoms with van der Waals surface area (Å²) < 4.78 is 40.7. The molecule has 1 aliphatic heterocycles. The number of nitrogens with one attached hydrogen (secondary N) is 2. The average Bonchev–Trinajstić information content (AvgIpc) is 2.59. The van der Waals surface area contributed by atoms with Gasteiger partial charge in [-0.2, -0.15) is 13.2 Å². The average molecular weight is 384 g/mol. The molecule has 9 heteroatoms. The summed E-state index contributed by atoms with van der Waals surface area (Å²) in [5, 5.41) is 4.55. The SMILES string of the molecule is O=C1CCc2cc(C(NC(=O)c3ccncc3)C(F)(F)F)cc(Cl)c2N1. The van der Waals surface area contributed by atoms with Gasteiger partial charge in [-0.1, -0.05) is 17.7 Å². The van der Waals surface area contributed by atoms with Gasteiger partial charge in [0.2, 0.25) is 5.91 Å². The normalized spacial score (nSPS) is 15.0. The highest BCUT2D eigenvalue weighted by Crippen LogP contribution is 2.38. The second-order valence-electron chi connectivity index (χ2n) is 5.77. The zero-order chi connectivity index (χ0) is 18.9. The molecule has 0 radical (unpaired) electrons. The van der Waals surface area contributed by atoms with Crippen LogP contribution >= 0.6 is 11.6 Å². The first kappa shape index (κ1) is 18.2. The van der Waals surface area contributed by atoms with Crippen LogP contribution in [0.3, 0.4) is 0 Å². The van der Waals surface area contributed by atoms with Crippen LogP contribution in [0.4, 0.5) is 18.9 Å². The first-order valence-electron chi connectivity index (χ1n) is 7.65. The van der Waals surface area contributed by atoms with Crippen molar-refractivity contribution in [3.8, 4) is 0 Å². The van der Waals surface area contributed by atoms with E-state index in [1.807, 2.05) is 5.32 Å². The Morgan fingerprint density at radius 3 is 2.58 bits per heavy atom. The minimum Gasteiger partial charge on any atom is -0.337 e. The fourth-order valence-corrected chi connectivity index (χ4v) is 3.01. The third kappa shape index (κ3) is 3.80. The summed E-state index contributed by atoms with van der Waals surface area (Å²) >= 11 is 6.06. The number of anilines is 1. The molecule has 2 amide bonds. The Balaban J connectivity index is 1.95. The van der Waals surface area contributed by atoms with Gasteiger partial charge in [-0.05, 0) is 35.7 Å². The highest BCUT2D eigenvalue weighted by Gasteiger charge is 2.42. The van der Waals surface area contributed by atoms with Crippen molar-refractivity contribution in [1.29, 1.82) is 0 Å². The van der Waals surface area contributed by atoms with Crippen molar-refractivity contribution in [2.24, 2.45) is 0 Å². The lowest BCUT2D eigenvalue weighted by Crippen LogP contribution is -2.38. The number of hydrogen-bond donors (Lipinski definition) is 2. The van der Waals surface area contributed by atoms with E-state index < -0.39 is 18.1 Å². The molecule has 0 fully saturated rings. The van der Waals surface area contributed by atoms with Gasteiger partial charge in [-0.25, -0.2) is 0 Å². The predicted octanol–water partition coefficient (Wildman–Crippen LogP) is 3.65. The molecule has 0 spiro atoms. The molecule has 0 saturated heterocycles. The van der Waals surface area contributed by atoms with Crippen LogP contribution in [0, 0.1) is 0 Å². The maximum atomic E-state index is 13.6. The number of hydrogen-bond acceptors (Lipinski definition) is 3. The largest absolute Gasteiger partial charge is 0.412 e. The molecule has 2 heterocycles. The number of pyridine rings is 1. The van der Waals surface area contributed by atoms with Crippen LogP contribution in [-0.2, 0) is 11.2 Å². The smallest absolute Gasteiger partial charge is 0.337 e. The first-order valence-corrected chi connectivity index (χ1v) is 8.03. The highest BCUT2D eigenvalue weighted by molar-refractivity contribution is 6.34. The summed E-state index contributed by atoms with van der Waals surface area (Å²) in [6.45, 7) is 0. The van der Waals surface area contributed by atoms with Gasteiger partial charge in [0.1, 0.15) is 0 Å². The van der Waals surface area contributed by atoms with Gasteiger partial charge in [0, 0.05) is 24.4 Å². The van der Waals surface area contributed by atoms with Crippen molar-refractivity contribution < 1.29 is 22.8 Å². The third-order valence-electron chi connectivity index (χ3n) is 3.96. The molecule has 2 aromatic rings. The van der Waals surface area contributed by atoms with E-state index in [0.717, 1.165) is 6.07 Å². The molecule has 3 rings (SSSR count). The van der Waals surface area contributed by atoms with E-state index in [9.17, 15) is 22.8 Å². The third-order valence-corrected chi connectivity index (χ3v) is 4.26. The molecule has 5 nitrogen and oxygen atoms in total. The summed E-state index contributed by atoms with van der Waals surface area (Å²) in [6.07, 6.45) is -1.66. The Labute approximate surface area is 151 Å². The molecule has 2 N–H and O–H groups in total. The number of rotatable bonds is 3. The van der Waals surface area contributed by atoms with Gasteiger partial charge in [0.15, 0.2) is 6.04 Å². The lowest BCUT2D eigenvalue weighted by Gasteiger charge is -2.25. The number of carbonyl (C=O) groups is 2. The maximum absolute atomic E-state index is 13.6. The van der Waals surface area contributed by atoms with Crippen LogP contribution in [0.25, 0.3) is 0 Å². The second kappa shape index (κ2) is 6.95. The Morgan fingerprint density at radius 2 is 1.92 bits per heavy atom. The van der Waals surface area contributed by atoms with Gasteiger partial charge >= 0.3 is 6.18 Å². The van der Waals surface area contributed by atoms with E-state index in [-0.39, 0.29) is 34.9 Å². The van der Waals surface area contributed by atoms with E-state index in [1.54, 1.807) is 0 Å². The molecule has 0 aliphatic carbocycles. The fourth-order valence-electron chi connectivity index (χ4n) is 2.71. The molecular weight excluding hydrogens is 371 g/mol. The fraction of sp³-hybridized carbons (Fsp3) is 0.235. The lowest BCUT2D eigenvalue weighted by molar-refractivity contribution is -0.155. The van der Waals surface area contributed by atoms with Crippen molar-refractivity contribution in [1.82, 2.24) is 10.3 Å². The van der Waals surface area contributed by atoms with E-state index in [4.69, 9.17) is 11.6 Å². The van der Waals surface area contributed by atoms with E-state index in [1.165, 1.54) is 30.6 Å². The molecule has 1 aromatic carbocycles. The molecule has 1 atom stereocenters. The van der Waals surface area contributed by atoms with Crippen molar-refractivity contribution in [2.45, 2.75) is 25.1 Å². The zero-order valence-corrected chi connectivity index (χ0v) is 14.0. The van der Waals surface area contributed by atoms with Gasteiger partial charge in [0.25, 0.3) is 5.91 Å². The van der Waals surface area contributed by atoms with Gasteiger partial charge in [-0.3, -0.25) is 14.6 Å². The van der Waals surface area contributed by atoms with Crippen LogP contribution in [0.2, 0.25) is 5.02 Å². The summed E-state index contributed by atoms with van der Waals surface area (Å²) in [4.78, 5) is 27.3. The number of alkyl halides is 3. The van der Waals surface area contributed by atoms with E-state index >= 15 is 0 Å². The first-order chi connectivity index (χ1) is 12.3. The van der Waals surface area contributed by atoms with Crippen LogP contribution in [0.15, 0.2) is 36.7 Å². The molecule has 0 saturated carbocycles. The van der Waals surface area contributed by atoms with Crippen molar-refractivity contribution in [2.75, 3.05) is 5.32 Å². The maximum Gasteiger partial charge on any atom is 0.412 e. The summed E-state index contributed by atoms with van der Waals surface area (Å²) in [5.74, 6) is -1.12. The molecule has 1 aromatic heterocycles. The molecule has 136 valence electrons. The van der Waals surface area contributed by atoms with Crippen molar-refractivity contribution in [3.63, 3.8) is 0 Å². The number of amides is 2. The molecule has 1 unspecified atom stereocenters. The number of aromatic nitrogens is 1. The lowest BCUT2D eigenvalue weighted by atomic mass is 9.96. The number of benzene rings is 1. The zero-order valence-electron chi connectivity index (χ0n) is 13.2. The number of nitrogens with zero attached hydrogens (tertiary/aromatic N) is 1. The standard InChI is InChI=1S/C17H13ClF3N3O2/c18-12-8-11(7-10-1-2-13(25)23-14(10)12)15(17(19,20)21)24-16(26)9-3-5-22-6-4-9/h3-8,15H,1-2H2,(H,23,25)(H,24,26). The Hall–Kier alpha value is -2.61. The van der Waals surface area contributed by atoms with E-state index in [0.29, 0.717) is 11.3 Å². The van der Waals surface area contributed by atoms with E-state index in [2.05, 4.69) is 10.3 Å². The Bertz CT molecular complexity index is 856. The summed E-state index contributed by atoms with van der Waals surface area (Å²) in [6, 6.07) is 2.82. The molecule has 26 heavy (non-hydrogen) atoms. The number of carbonyl (C=O) groups excluding carboxylic acids is 2. The summed E-state index contributed by atoms with van der Waals surface area (Å²) in [5.41, 5.74) is 0.679. The predicted molar refractivity (Wildman–Crippen MR) is 88.9 cm³/mol. The molecule has 0 bridgehead atoms. The quantitative estimate of drug-likeness (QED) is 0.849. The minimum atomic E-state index is -4.72. The second-order valence-corrected chi connectivity index (χ2v) is 6.18. The Morgan fingerprint density at radius 1 is 1.23 bits per heavy atom. The summed E-state index contributed by atoms with van der Waals surface area (Å²) in [7, 11) is 0. The molecule has 1 aliphatic rings. The van der Waals surface area contributed by atoms with Crippen molar-refractivity contribution in [3.05, 3.63) is 58.4 Å². The van der Waals surface area contributed by atoms with Crippen LogP contribution in [0.5, 0.6) is 0 Å². The highest BCUT2D eigenvalue weighted by atomic mass is 35.5. The number of halogens is 4. The molecular formula is C17H13ClF3N3O2. The Kier molecular flexibility index (Phi) is 4.86. The van der Waals surface area contributed by atoms with Crippen molar-refractivity contribution >= 4 is 29.1 Å². The number of aryl methyl sites for hydroxylation is 1. The van der Waals surface area contributed by atoms with Gasteiger partial charge in [0.05, 0.1) is 10.7 Å². The van der Waals surface area contributed by atoms with Gasteiger partial charge < -0.3 is 10.6 Å². The van der Waals surface area contributed by atoms with Crippen LogP contribution in [0.1, 0.15) is 33.9 Å².